The van der Waals surface area contributed by atoms with E-state index in [1.165, 1.54) is 11.1 Å². The first-order chi connectivity index (χ1) is 9.47. The Balaban J connectivity index is 2.51. The molecule has 114 valence electrons. The molecule has 0 amide bonds. The summed E-state index contributed by atoms with van der Waals surface area (Å²) >= 11 is 0. The van der Waals surface area contributed by atoms with E-state index in [0.717, 1.165) is 26.1 Å². The summed E-state index contributed by atoms with van der Waals surface area (Å²) in [6, 6.07) is 8.57. The summed E-state index contributed by atoms with van der Waals surface area (Å²) in [7, 11) is 4.18. The Bertz CT molecular complexity index is 388. The van der Waals surface area contributed by atoms with Crippen LogP contribution in [0, 0.1) is 0 Å². The lowest BCUT2D eigenvalue weighted by Crippen LogP contribution is -2.42. The normalized spacial score (nSPS) is 12.1. The van der Waals surface area contributed by atoms with E-state index in [9.17, 15) is 0 Å². The molecule has 0 aliphatic rings. The molecule has 1 N–H and O–H groups in total. The minimum Gasteiger partial charge on any atom is -0.375 e. The van der Waals surface area contributed by atoms with Crippen molar-refractivity contribution in [2.24, 2.45) is 0 Å². The molecule has 0 spiro atoms. The number of nitrogens with one attached hydrogen (secondary N) is 1. The van der Waals surface area contributed by atoms with Crippen LogP contribution in [0.5, 0.6) is 0 Å². The Morgan fingerprint density at radius 1 is 1.15 bits per heavy atom. The molecule has 0 unspecified atom stereocenters. The van der Waals surface area contributed by atoms with E-state index in [1.807, 2.05) is 0 Å². The van der Waals surface area contributed by atoms with Crippen LogP contribution in [0.3, 0.4) is 0 Å². The molecule has 1 aromatic rings. The molecule has 0 heterocycles. The van der Waals surface area contributed by atoms with Gasteiger partial charge in [-0.3, -0.25) is 0 Å². The first-order valence-corrected chi connectivity index (χ1v) is 7.50. The van der Waals surface area contributed by atoms with Crippen LogP contribution in [0.15, 0.2) is 24.3 Å². The summed E-state index contributed by atoms with van der Waals surface area (Å²) in [5.74, 6) is 0. The summed E-state index contributed by atoms with van der Waals surface area (Å²) in [6.07, 6.45) is 1.06. The average Bonchev–Trinajstić information content (AvgIpc) is 2.40. The fourth-order valence-electron chi connectivity index (χ4n) is 1.88. The zero-order valence-corrected chi connectivity index (χ0v) is 13.7. The van der Waals surface area contributed by atoms with Gasteiger partial charge in [0, 0.05) is 5.54 Å². The molecule has 20 heavy (non-hydrogen) atoms. The summed E-state index contributed by atoms with van der Waals surface area (Å²) in [6.45, 7) is 10.0. The Kier molecular flexibility index (Phi) is 7.20. The van der Waals surface area contributed by atoms with Crippen LogP contribution < -0.4 is 5.32 Å². The van der Waals surface area contributed by atoms with Crippen LogP contribution in [-0.4, -0.2) is 44.2 Å². The van der Waals surface area contributed by atoms with Gasteiger partial charge in [-0.2, -0.15) is 0 Å². The van der Waals surface area contributed by atoms with Crippen molar-refractivity contribution >= 4 is 0 Å². The molecule has 1 rings (SSSR count). The fourth-order valence-corrected chi connectivity index (χ4v) is 1.88. The van der Waals surface area contributed by atoms with Crippen molar-refractivity contribution in [2.45, 2.75) is 39.3 Å². The first-order valence-electron chi connectivity index (χ1n) is 7.50. The fraction of sp³-hybridized carbons (Fsp3) is 0.647. The van der Waals surface area contributed by atoms with Gasteiger partial charge < -0.3 is 15.0 Å². The minimum atomic E-state index is 0.0682. The van der Waals surface area contributed by atoms with Crippen LogP contribution in [0.1, 0.15) is 31.9 Å². The Labute approximate surface area is 124 Å². The molecule has 0 saturated heterocycles. The summed E-state index contributed by atoms with van der Waals surface area (Å²) in [4.78, 5) is 2.20. The molecular weight excluding hydrogens is 248 g/mol. The van der Waals surface area contributed by atoms with Crippen molar-refractivity contribution < 1.29 is 4.74 Å². The Morgan fingerprint density at radius 2 is 1.80 bits per heavy atom. The maximum Gasteiger partial charge on any atom is 0.0720 e. The van der Waals surface area contributed by atoms with Crippen LogP contribution in [-0.2, 0) is 17.8 Å². The second-order valence-electron chi connectivity index (χ2n) is 6.07. The van der Waals surface area contributed by atoms with Gasteiger partial charge in [-0.15, -0.1) is 0 Å². The monoisotopic (exact) mass is 278 g/mol. The molecule has 0 aliphatic heterocycles. The van der Waals surface area contributed by atoms with Gasteiger partial charge in [-0.1, -0.05) is 31.2 Å². The molecule has 3 nitrogen and oxygen atoms in total. The van der Waals surface area contributed by atoms with Gasteiger partial charge >= 0.3 is 0 Å². The molecule has 3 heteroatoms. The SMILES string of the molecule is CCNCCc1ccccc1COCC(C)(C)N(C)C. The van der Waals surface area contributed by atoms with E-state index in [2.05, 4.69) is 69.3 Å². The van der Waals surface area contributed by atoms with Gasteiger partial charge in [0.25, 0.3) is 0 Å². The van der Waals surface area contributed by atoms with E-state index in [-0.39, 0.29) is 5.54 Å². The topological polar surface area (TPSA) is 24.5 Å². The number of hydrogen-bond acceptors (Lipinski definition) is 3. The quantitative estimate of drug-likeness (QED) is 0.703. The molecule has 0 bridgehead atoms. The molecule has 0 aromatic heterocycles. The van der Waals surface area contributed by atoms with Crippen molar-refractivity contribution in [1.82, 2.24) is 10.2 Å². The summed E-state index contributed by atoms with van der Waals surface area (Å²) < 4.78 is 5.93. The summed E-state index contributed by atoms with van der Waals surface area (Å²) in [5, 5.41) is 3.37. The lowest BCUT2D eigenvalue weighted by molar-refractivity contribution is 0.0272. The van der Waals surface area contributed by atoms with Crippen LogP contribution in [0.4, 0.5) is 0 Å². The van der Waals surface area contributed by atoms with Gasteiger partial charge in [-0.05, 0) is 58.6 Å². The second kappa shape index (κ2) is 8.40. The molecule has 0 aliphatic carbocycles. The molecule has 0 fully saturated rings. The van der Waals surface area contributed by atoms with Gasteiger partial charge in [0.2, 0.25) is 0 Å². The molecule has 0 radical (unpaired) electrons. The van der Waals surface area contributed by atoms with Crippen molar-refractivity contribution in [3.63, 3.8) is 0 Å². The molecular formula is C17H30N2O. The highest BCUT2D eigenvalue weighted by Gasteiger charge is 2.20. The number of ether oxygens (including phenoxy) is 1. The molecule has 0 saturated carbocycles. The van der Waals surface area contributed by atoms with Crippen LogP contribution in [0.2, 0.25) is 0 Å². The van der Waals surface area contributed by atoms with E-state index < -0.39 is 0 Å². The van der Waals surface area contributed by atoms with E-state index >= 15 is 0 Å². The lowest BCUT2D eigenvalue weighted by Gasteiger charge is -2.32. The highest BCUT2D eigenvalue weighted by molar-refractivity contribution is 5.26. The van der Waals surface area contributed by atoms with E-state index in [1.54, 1.807) is 0 Å². The smallest absolute Gasteiger partial charge is 0.0720 e. The van der Waals surface area contributed by atoms with Gasteiger partial charge in [0.15, 0.2) is 0 Å². The van der Waals surface area contributed by atoms with E-state index in [4.69, 9.17) is 4.74 Å². The third-order valence-electron chi connectivity index (χ3n) is 3.86. The van der Waals surface area contributed by atoms with Crippen molar-refractivity contribution in [1.29, 1.82) is 0 Å². The highest BCUT2D eigenvalue weighted by Crippen LogP contribution is 2.14. The lowest BCUT2D eigenvalue weighted by atomic mass is 10.0. The maximum atomic E-state index is 5.93. The zero-order chi connectivity index (χ0) is 15.0. The second-order valence-corrected chi connectivity index (χ2v) is 6.07. The van der Waals surface area contributed by atoms with Crippen molar-refractivity contribution in [3.05, 3.63) is 35.4 Å². The van der Waals surface area contributed by atoms with Crippen LogP contribution in [0.25, 0.3) is 0 Å². The molecule has 1 aromatic carbocycles. The number of benzene rings is 1. The third kappa shape index (κ3) is 5.61. The van der Waals surface area contributed by atoms with Crippen molar-refractivity contribution in [2.75, 3.05) is 33.8 Å². The van der Waals surface area contributed by atoms with Crippen LogP contribution >= 0.6 is 0 Å². The Hall–Kier alpha value is -0.900. The standard InChI is InChI=1S/C17H30N2O/c1-6-18-12-11-15-9-7-8-10-16(15)13-20-14-17(2,3)19(4)5/h7-10,18H,6,11-14H2,1-5H3. The maximum absolute atomic E-state index is 5.93. The minimum absolute atomic E-state index is 0.0682. The largest absolute Gasteiger partial charge is 0.375 e. The Morgan fingerprint density at radius 3 is 2.40 bits per heavy atom. The molecule has 0 atom stereocenters. The predicted octanol–water partition coefficient (Wildman–Crippen LogP) is 2.70. The highest BCUT2D eigenvalue weighted by atomic mass is 16.5. The average molecular weight is 278 g/mol. The number of rotatable bonds is 9. The number of likely N-dealkylation sites (N-methyl/N-ethyl adjacent to an activating group) is 2. The third-order valence-corrected chi connectivity index (χ3v) is 3.86. The summed E-state index contributed by atoms with van der Waals surface area (Å²) in [5.41, 5.74) is 2.76. The number of hydrogen-bond donors (Lipinski definition) is 1. The van der Waals surface area contributed by atoms with E-state index in [0.29, 0.717) is 6.61 Å². The van der Waals surface area contributed by atoms with Crippen molar-refractivity contribution in [3.8, 4) is 0 Å². The van der Waals surface area contributed by atoms with Gasteiger partial charge in [0.1, 0.15) is 0 Å². The zero-order valence-electron chi connectivity index (χ0n) is 13.7. The predicted molar refractivity (Wildman–Crippen MR) is 86.1 cm³/mol. The number of nitrogens with zero attached hydrogens (tertiary/aromatic N) is 1. The first kappa shape index (κ1) is 17.2. The van der Waals surface area contributed by atoms with Gasteiger partial charge in [-0.25, -0.2) is 0 Å². The van der Waals surface area contributed by atoms with Gasteiger partial charge in [0.05, 0.1) is 13.2 Å².